The number of amides is 1. The first-order chi connectivity index (χ1) is 12.9. The van der Waals surface area contributed by atoms with Gasteiger partial charge in [-0.15, -0.1) is 11.8 Å². The van der Waals surface area contributed by atoms with E-state index in [1.165, 1.54) is 16.4 Å². The summed E-state index contributed by atoms with van der Waals surface area (Å²) in [7, 11) is -3.56. The van der Waals surface area contributed by atoms with E-state index in [1.54, 1.807) is 23.9 Å². The van der Waals surface area contributed by atoms with E-state index in [0.717, 1.165) is 10.6 Å². The summed E-state index contributed by atoms with van der Waals surface area (Å²) >= 11 is 7.45. The van der Waals surface area contributed by atoms with Gasteiger partial charge in [0.15, 0.2) is 0 Å². The molecule has 3 rings (SSSR count). The molecule has 1 aliphatic rings. The quantitative estimate of drug-likeness (QED) is 0.734. The maximum Gasteiger partial charge on any atom is 0.243 e. The Balaban J connectivity index is 1.61. The third kappa shape index (κ3) is 4.85. The van der Waals surface area contributed by atoms with Gasteiger partial charge >= 0.3 is 0 Å². The molecule has 27 heavy (non-hydrogen) atoms. The lowest BCUT2D eigenvalue weighted by Gasteiger charge is -2.30. The number of hydrogen-bond acceptors (Lipinski definition) is 4. The Morgan fingerprint density at radius 2 is 1.81 bits per heavy atom. The van der Waals surface area contributed by atoms with Crippen molar-refractivity contribution in [3.05, 3.63) is 53.6 Å². The molecule has 2 aromatic carbocycles. The number of sulfonamides is 1. The van der Waals surface area contributed by atoms with Gasteiger partial charge in [0.2, 0.25) is 15.9 Å². The van der Waals surface area contributed by atoms with Crippen LogP contribution in [-0.4, -0.2) is 38.0 Å². The SMILES string of the molecule is CSc1cccc(NC(=O)C2CCN(S(=O)(=O)c3ccc(Cl)cc3)CC2)c1. The lowest BCUT2D eigenvalue weighted by molar-refractivity contribution is -0.120. The number of rotatable bonds is 5. The van der Waals surface area contributed by atoms with Gasteiger partial charge in [-0.1, -0.05) is 17.7 Å². The van der Waals surface area contributed by atoms with Gasteiger partial charge in [0.25, 0.3) is 0 Å². The minimum atomic E-state index is -3.56. The maximum atomic E-state index is 12.7. The lowest BCUT2D eigenvalue weighted by atomic mass is 9.97. The molecule has 2 aromatic rings. The van der Waals surface area contributed by atoms with Gasteiger partial charge in [-0.2, -0.15) is 4.31 Å². The number of carbonyl (C=O) groups excluding carboxylic acids is 1. The molecule has 0 radical (unpaired) electrons. The van der Waals surface area contributed by atoms with Crippen LogP contribution < -0.4 is 5.32 Å². The number of piperidine rings is 1. The molecule has 1 N–H and O–H groups in total. The monoisotopic (exact) mass is 424 g/mol. The molecule has 8 heteroatoms. The Labute approximate surface area is 169 Å². The van der Waals surface area contributed by atoms with E-state index in [1.807, 2.05) is 30.5 Å². The summed E-state index contributed by atoms with van der Waals surface area (Å²) in [5.74, 6) is -0.253. The van der Waals surface area contributed by atoms with Crippen LogP contribution in [-0.2, 0) is 14.8 Å². The predicted octanol–water partition coefficient (Wildman–Crippen LogP) is 4.10. The molecule has 0 bridgehead atoms. The van der Waals surface area contributed by atoms with E-state index >= 15 is 0 Å². The molecule has 144 valence electrons. The van der Waals surface area contributed by atoms with Gasteiger partial charge in [0.1, 0.15) is 0 Å². The van der Waals surface area contributed by atoms with Gasteiger partial charge in [0.05, 0.1) is 4.90 Å². The van der Waals surface area contributed by atoms with Crippen molar-refractivity contribution in [2.24, 2.45) is 5.92 Å². The first-order valence-electron chi connectivity index (χ1n) is 8.61. The van der Waals surface area contributed by atoms with E-state index in [9.17, 15) is 13.2 Å². The fourth-order valence-electron chi connectivity index (χ4n) is 3.06. The smallest absolute Gasteiger partial charge is 0.243 e. The van der Waals surface area contributed by atoms with Crippen LogP contribution in [0.15, 0.2) is 58.3 Å². The number of nitrogens with one attached hydrogen (secondary N) is 1. The second-order valence-corrected chi connectivity index (χ2v) is 9.61. The second-order valence-electron chi connectivity index (χ2n) is 6.35. The summed E-state index contributed by atoms with van der Waals surface area (Å²) in [6.45, 7) is 0.655. The van der Waals surface area contributed by atoms with Crippen LogP contribution in [0.5, 0.6) is 0 Å². The average Bonchev–Trinajstić information content (AvgIpc) is 2.68. The Hall–Kier alpha value is -1.54. The molecular weight excluding hydrogens is 404 g/mol. The van der Waals surface area contributed by atoms with Crippen molar-refractivity contribution in [3.63, 3.8) is 0 Å². The minimum absolute atomic E-state index is 0.0585. The highest BCUT2D eigenvalue weighted by Gasteiger charge is 2.32. The fourth-order valence-corrected chi connectivity index (χ4v) is 5.11. The maximum absolute atomic E-state index is 12.7. The highest BCUT2D eigenvalue weighted by atomic mass is 35.5. The molecule has 0 saturated carbocycles. The molecule has 0 spiro atoms. The summed E-state index contributed by atoms with van der Waals surface area (Å²) in [4.78, 5) is 13.8. The third-order valence-corrected chi connectivity index (χ3v) is 7.50. The number of halogens is 1. The molecule has 1 aliphatic heterocycles. The normalized spacial score (nSPS) is 16.2. The van der Waals surface area contributed by atoms with Gasteiger partial charge in [-0.3, -0.25) is 4.79 Å². The summed E-state index contributed by atoms with van der Waals surface area (Å²) in [5, 5.41) is 3.44. The third-order valence-electron chi connectivity index (χ3n) is 4.61. The van der Waals surface area contributed by atoms with Crippen LogP contribution in [0.3, 0.4) is 0 Å². The molecule has 0 aliphatic carbocycles. The number of hydrogen-bond donors (Lipinski definition) is 1. The van der Waals surface area contributed by atoms with Crippen molar-refractivity contribution in [3.8, 4) is 0 Å². The highest BCUT2D eigenvalue weighted by Crippen LogP contribution is 2.26. The van der Waals surface area contributed by atoms with Crippen LogP contribution in [0.25, 0.3) is 0 Å². The summed E-state index contributed by atoms with van der Waals surface area (Å²) < 4.78 is 26.9. The van der Waals surface area contributed by atoms with Crippen molar-refractivity contribution in [2.45, 2.75) is 22.6 Å². The minimum Gasteiger partial charge on any atom is -0.326 e. The molecule has 5 nitrogen and oxygen atoms in total. The second kappa shape index (κ2) is 8.65. The van der Waals surface area contributed by atoms with Gasteiger partial charge in [-0.25, -0.2) is 8.42 Å². The summed E-state index contributed by atoms with van der Waals surface area (Å²) in [6.07, 6.45) is 2.99. The number of carbonyl (C=O) groups is 1. The topological polar surface area (TPSA) is 66.5 Å². The molecule has 0 atom stereocenters. The molecule has 1 fully saturated rings. The molecular formula is C19H21ClN2O3S2. The van der Waals surface area contributed by atoms with E-state index in [-0.39, 0.29) is 16.7 Å². The standard InChI is InChI=1S/C19H21ClN2O3S2/c1-26-17-4-2-3-16(13-17)21-19(23)14-9-11-22(12-10-14)27(24,25)18-7-5-15(20)6-8-18/h2-8,13-14H,9-12H2,1H3,(H,21,23). The number of anilines is 1. The van der Waals surface area contributed by atoms with Crippen molar-refractivity contribution < 1.29 is 13.2 Å². The van der Waals surface area contributed by atoms with Gasteiger partial charge in [-0.05, 0) is 61.6 Å². The largest absolute Gasteiger partial charge is 0.326 e. The van der Waals surface area contributed by atoms with Crippen LogP contribution in [0, 0.1) is 5.92 Å². The molecule has 1 heterocycles. The number of benzene rings is 2. The lowest BCUT2D eigenvalue weighted by Crippen LogP contribution is -2.41. The van der Waals surface area contributed by atoms with E-state index < -0.39 is 10.0 Å². The predicted molar refractivity (Wildman–Crippen MR) is 110 cm³/mol. The van der Waals surface area contributed by atoms with Gasteiger partial charge in [0, 0.05) is 34.6 Å². The highest BCUT2D eigenvalue weighted by molar-refractivity contribution is 7.98. The Morgan fingerprint density at radius 1 is 1.15 bits per heavy atom. The Morgan fingerprint density at radius 3 is 2.44 bits per heavy atom. The first kappa shape index (κ1) is 20.2. The number of nitrogens with zero attached hydrogens (tertiary/aromatic N) is 1. The molecule has 1 saturated heterocycles. The zero-order valence-electron chi connectivity index (χ0n) is 14.9. The number of thioether (sulfide) groups is 1. The van der Waals surface area contributed by atoms with E-state index in [0.29, 0.717) is 31.0 Å². The van der Waals surface area contributed by atoms with Crippen LogP contribution in [0.2, 0.25) is 5.02 Å². The zero-order chi connectivity index (χ0) is 19.4. The first-order valence-corrected chi connectivity index (χ1v) is 11.6. The van der Waals surface area contributed by atoms with Crippen LogP contribution >= 0.6 is 23.4 Å². The van der Waals surface area contributed by atoms with Crippen molar-refractivity contribution in [2.75, 3.05) is 24.7 Å². The Kier molecular flexibility index (Phi) is 6.47. The van der Waals surface area contributed by atoms with E-state index in [2.05, 4.69) is 5.32 Å². The van der Waals surface area contributed by atoms with Gasteiger partial charge < -0.3 is 5.32 Å². The van der Waals surface area contributed by atoms with Crippen molar-refractivity contribution >= 4 is 45.0 Å². The van der Waals surface area contributed by atoms with Crippen molar-refractivity contribution in [1.29, 1.82) is 0 Å². The van der Waals surface area contributed by atoms with E-state index in [4.69, 9.17) is 11.6 Å². The van der Waals surface area contributed by atoms with Crippen LogP contribution in [0.1, 0.15) is 12.8 Å². The molecule has 1 amide bonds. The fraction of sp³-hybridized carbons (Fsp3) is 0.316. The van der Waals surface area contributed by atoms with Crippen molar-refractivity contribution in [1.82, 2.24) is 4.31 Å². The summed E-state index contributed by atoms with van der Waals surface area (Å²) in [6, 6.07) is 13.8. The Bertz CT molecular complexity index is 909. The zero-order valence-corrected chi connectivity index (χ0v) is 17.3. The van der Waals surface area contributed by atoms with Crippen LogP contribution in [0.4, 0.5) is 5.69 Å². The molecule has 0 unspecified atom stereocenters. The molecule has 0 aromatic heterocycles. The summed E-state index contributed by atoms with van der Waals surface area (Å²) in [5.41, 5.74) is 0.767. The average molecular weight is 425 g/mol.